The average Bonchev–Trinajstić information content (AvgIpc) is 3.21. The molecule has 1 aromatic rings. The lowest BCUT2D eigenvalue weighted by atomic mass is 10.1. The first-order valence-corrected chi connectivity index (χ1v) is 10.5. The Morgan fingerprint density at radius 2 is 1.82 bits per heavy atom. The molecular formula is C21H33N5O2. The Kier molecular flexibility index (Phi) is 7.39. The van der Waals surface area contributed by atoms with Crippen LogP contribution in [0.1, 0.15) is 20.3 Å². The highest BCUT2D eigenvalue weighted by Gasteiger charge is 2.25. The largest absolute Gasteiger partial charge is 0.450 e. The number of amides is 1. The predicted molar refractivity (Wildman–Crippen MR) is 113 cm³/mol. The zero-order chi connectivity index (χ0) is 19.8. The highest BCUT2D eigenvalue weighted by atomic mass is 16.6. The first kappa shape index (κ1) is 20.3. The van der Waals surface area contributed by atoms with Gasteiger partial charge in [0.25, 0.3) is 0 Å². The Morgan fingerprint density at radius 3 is 2.50 bits per heavy atom. The summed E-state index contributed by atoms with van der Waals surface area (Å²) in [6.45, 7) is 11.1. The van der Waals surface area contributed by atoms with Crippen molar-refractivity contribution in [2.45, 2.75) is 20.3 Å². The molecule has 0 aromatic heterocycles. The van der Waals surface area contributed by atoms with Gasteiger partial charge in [-0.05, 0) is 38.3 Å². The standard InChI is InChI=1S/C21H33N5O2/c1-3-22-20(24-12-14-25(15-13-24)21(27)28-4-2)23-16-18-10-11-26(17-18)19-8-6-5-7-9-19/h5-9,18H,3-4,10-17H2,1-2H3,(H,22,23). The Hall–Kier alpha value is -2.44. The Morgan fingerprint density at radius 1 is 1.11 bits per heavy atom. The molecule has 2 saturated heterocycles. The second-order valence-electron chi connectivity index (χ2n) is 7.30. The lowest BCUT2D eigenvalue weighted by Crippen LogP contribution is -2.54. The van der Waals surface area contributed by atoms with Gasteiger partial charge in [-0.25, -0.2) is 4.79 Å². The highest BCUT2D eigenvalue weighted by Crippen LogP contribution is 2.23. The van der Waals surface area contributed by atoms with Crippen LogP contribution in [-0.4, -0.2) is 80.8 Å². The third-order valence-corrected chi connectivity index (χ3v) is 5.35. The number of carbonyl (C=O) groups excluding carboxylic acids is 1. The van der Waals surface area contributed by atoms with Crippen molar-refractivity contribution < 1.29 is 9.53 Å². The maximum Gasteiger partial charge on any atom is 0.409 e. The molecule has 1 aromatic carbocycles. The molecule has 28 heavy (non-hydrogen) atoms. The van der Waals surface area contributed by atoms with Crippen LogP contribution in [0.5, 0.6) is 0 Å². The van der Waals surface area contributed by atoms with E-state index in [-0.39, 0.29) is 6.09 Å². The molecule has 1 amide bonds. The molecule has 0 saturated carbocycles. The lowest BCUT2D eigenvalue weighted by molar-refractivity contribution is 0.0914. The molecular weight excluding hydrogens is 354 g/mol. The first-order valence-electron chi connectivity index (χ1n) is 10.5. The molecule has 0 radical (unpaired) electrons. The van der Waals surface area contributed by atoms with Gasteiger partial charge in [-0.15, -0.1) is 0 Å². The number of hydrogen-bond acceptors (Lipinski definition) is 4. The second kappa shape index (κ2) is 10.2. The molecule has 1 unspecified atom stereocenters. The summed E-state index contributed by atoms with van der Waals surface area (Å²) in [5.41, 5.74) is 1.30. The molecule has 2 fully saturated rings. The maximum atomic E-state index is 11.9. The van der Waals surface area contributed by atoms with E-state index in [4.69, 9.17) is 9.73 Å². The summed E-state index contributed by atoms with van der Waals surface area (Å²) >= 11 is 0. The van der Waals surface area contributed by atoms with Gasteiger partial charge in [0.05, 0.1) is 6.61 Å². The van der Waals surface area contributed by atoms with Crippen molar-refractivity contribution in [3.63, 3.8) is 0 Å². The molecule has 154 valence electrons. The van der Waals surface area contributed by atoms with Gasteiger partial charge < -0.3 is 24.8 Å². The third kappa shape index (κ3) is 5.30. The fourth-order valence-electron chi connectivity index (χ4n) is 3.81. The molecule has 2 heterocycles. The number of ether oxygens (including phenoxy) is 1. The van der Waals surface area contributed by atoms with E-state index >= 15 is 0 Å². The molecule has 1 atom stereocenters. The molecule has 0 aliphatic carbocycles. The van der Waals surface area contributed by atoms with Crippen molar-refractivity contribution in [1.29, 1.82) is 0 Å². The van der Waals surface area contributed by atoms with Crippen molar-refractivity contribution in [3.05, 3.63) is 30.3 Å². The van der Waals surface area contributed by atoms with Crippen LogP contribution < -0.4 is 10.2 Å². The third-order valence-electron chi connectivity index (χ3n) is 5.35. The summed E-state index contributed by atoms with van der Waals surface area (Å²) in [6, 6.07) is 10.6. The molecule has 0 spiro atoms. The Labute approximate surface area is 168 Å². The fourth-order valence-corrected chi connectivity index (χ4v) is 3.81. The van der Waals surface area contributed by atoms with Crippen LogP contribution >= 0.6 is 0 Å². The van der Waals surface area contributed by atoms with Crippen LogP contribution in [0.3, 0.4) is 0 Å². The van der Waals surface area contributed by atoms with Crippen molar-refractivity contribution in [2.24, 2.45) is 10.9 Å². The SMILES string of the molecule is CCNC(=NCC1CCN(c2ccccc2)C1)N1CCN(C(=O)OCC)CC1. The van der Waals surface area contributed by atoms with Crippen LogP contribution in [0, 0.1) is 5.92 Å². The number of benzene rings is 1. The Balaban J connectivity index is 1.52. The number of piperazine rings is 1. The minimum Gasteiger partial charge on any atom is -0.450 e. The van der Waals surface area contributed by atoms with Crippen molar-refractivity contribution in [3.8, 4) is 0 Å². The highest BCUT2D eigenvalue weighted by molar-refractivity contribution is 5.80. The summed E-state index contributed by atoms with van der Waals surface area (Å²) in [5, 5.41) is 3.42. The molecule has 7 heteroatoms. The van der Waals surface area contributed by atoms with Crippen LogP contribution in [-0.2, 0) is 4.74 Å². The number of guanidine groups is 1. The number of anilines is 1. The van der Waals surface area contributed by atoms with E-state index in [1.54, 1.807) is 4.90 Å². The minimum absolute atomic E-state index is 0.212. The molecule has 2 aliphatic rings. The van der Waals surface area contributed by atoms with E-state index < -0.39 is 0 Å². The quantitative estimate of drug-likeness (QED) is 0.620. The van der Waals surface area contributed by atoms with Crippen LogP contribution in [0.25, 0.3) is 0 Å². The van der Waals surface area contributed by atoms with Crippen molar-refractivity contribution in [2.75, 3.05) is 63.9 Å². The summed E-state index contributed by atoms with van der Waals surface area (Å²) < 4.78 is 5.10. The molecule has 7 nitrogen and oxygen atoms in total. The number of hydrogen-bond donors (Lipinski definition) is 1. The molecule has 2 aliphatic heterocycles. The summed E-state index contributed by atoms with van der Waals surface area (Å²) in [4.78, 5) is 23.3. The van der Waals surface area contributed by atoms with E-state index in [1.807, 2.05) is 6.92 Å². The number of rotatable bonds is 5. The van der Waals surface area contributed by atoms with Gasteiger partial charge >= 0.3 is 6.09 Å². The van der Waals surface area contributed by atoms with Gasteiger partial charge in [0.15, 0.2) is 5.96 Å². The smallest absolute Gasteiger partial charge is 0.409 e. The summed E-state index contributed by atoms with van der Waals surface area (Å²) in [6.07, 6.45) is 0.963. The average molecular weight is 388 g/mol. The first-order chi connectivity index (χ1) is 13.7. The van der Waals surface area contributed by atoms with Gasteiger partial charge in [-0.3, -0.25) is 4.99 Å². The van der Waals surface area contributed by atoms with Crippen LogP contribution in [0.15, 0.2) is 35.3 Å². The topological polar surface area (TPSA) is 60.4 Å². The fraction of sp³-hybridized carbons (Fsp3) is 0.619. The van der Waals surface area contributed by atoms with E-state index in [9.17, 15) is 4.79 Å². The molecule has 1 N–H and O–H groups in total. The predicted octanol–water partition coefficient (Wildman–Crippen LogP) is 2.25. The zero-order valence-corrected chi connectivity index (χ0v) is 17.1. The van der Waals surface area contributed by atoms with Gasteiger partial charge in [0.1, 0.15) is 0 Å². The number of nitrogens with one attached hydrogen (secondary N) is 1. The number of aliphatic imine (C=N–C) groups is 1. The van der Waals surface area contributed by atoms with Crippen LogP contribution in [0.4, 0.5) is 10.5 Å². The number of nitrogens with zero attached hydrogens (tertiary/aromatic N) is 4. The number of para-hydroxylation sites is 1. The summed E-state index contributed by atoms with van der Waals surface area (Å²) in [7, 11) is 0. The van der Waals surface area contributed by atoms with E-state index in [0.29, 0.717) is 25.6 Å². The normalized spacial score (nSPS) is 20.4. The van der Waals surface area contributed by atoms with Crippen LogP contribution in [0.2, 0.25) is 0 Å². The van der Waals surface area contributed by atoms with E-state index in [1.165, 1.54) is 12.1 Å². The van der Waals surface area contributed by atoms with E-state index in [0.717, 1.165) is 45.2 Å². The van der Waals surface area contributed by atoms with Gasteiger partial charge in [0.2, 0.25) is 0 Å². The van der Waals surface area contributed by atoms with Gasteiger partial charge in [-0.1, -0.05) is 18.2 Å². The monoisotopic (exact) mass is 387 g/mol. The Bertz CT molecular complexity index is 643. The van der Waals surface area contributed by atoms with E-state index in [2.05, 4.69) is 52.4 Å². The van der Waals surface area contributed by atoms with Crippen molar-refractivity contribution >= 4 is 17.7 Å². The van der Waals surface area contributed by atoms with Gasteiger partial charge in [-0.2, -0.15) is 0 Å². The summed E-state index contributed by atoms with van der Waals surface area (Å²) in [5.74, 6) is 1.54. The van der Waals surface area contributed by atoms with Crippen molar-refractivity contribution in [1.82, 2.24) is 15.1 Å². The minimum atomic E-state index is -0.212. The molecule has 3 rings (SSSR count). The number of carbonyl (C=O) groups is 1. The maximum absolute atomic E-state index is 11.9. The van der Waals surface area contributed by atoms with Gasteiger partial charge in [0, 0.05) is 58.0 Å². The second-order valence-corrected chi connectivity index (χ2v) is 7.30. The molecule has 0 bridgehead atoms. The zero-order valence-electron chi connectivity index (χ0n) is 17.1. The lowest BCUT2D eigenvalue weighted by Gasteiger charge is -2.36.